The summed E-state index contributed by atoms with van der Waals surface area (Å²) in [6, 6.07) is 0. The molecule has 0 unspecified atom stereocenters. The number of hydrogen-bond donors (Lipinski definition) is 2. The normalized spacial score (nSPS) is 18.1. The smallest absolute Gasteiger partial charge is 0.223 e. The van der Waals surface area contributed by atoms with E-state index in [-0.39, 0.29) is 17.9 Å². The lowest BCUT2D eigenvalue weighted by molar-refractivity contribution is -0.126. The average Bonchev–Trinajstić information content (AvgIpc) is 2.25. The Morgan fingerprint density at radius 2 is 2.13 bits per heavy atom. The SMILES string of the molecule is CC(C)OCCNC(=O)C1CCNCC1. The molecule has 2 N–H and O–H groups in total. The summed E-state index contributed by atoms with van der Waals surface area (Å²) >= 11 is 0. The van der Waals surface area contributed by atoms with Gasteiger partial charge in [0.2, 0.25) is 5.91 Å². The molecule has 0 spiro atoms. The van der Waals surface area contributed by atoms with Crippen LogP contribution in [0.3, 0.4) is 0 Å². The Hall–Kier alpha value is -0.610. The molecule has 0 radical (unpaired) electrons. The second-order valence-electron chi connectivity index (χ2n) is 4.23. The molecule has 0 bridgehead atoms. The van der Waals surface area contributed by atoms with Gasteiger partial charge in [-0.05, 0) is 39.8 Å². The van der Waals surface area contributed by atoms with E-state index in [1.807, 2.05) is 13.8 Å². The fourth-order valence-electron chi connectivity index (χ4n) is 1.70. The number of carbonyl (C=O) groups is 1. The first-order chi connectivity index (χ1) is 7.20. The Labute approximate surface area is 91.8 Å². The van der Waals surface area contributed by atoms with E-state index < -0.39 is 0 Å². The van der Waals surface area contributed by atoms with Gasteiger partial charge in [-0.3, -0.25) is 4.79 Å². The molecule has 1 aliphatic rings. The highest BCUT2D eigenvalue weighted by Crippen LogP contribution is 2.10. The Morgan fingerprint density at radius 1 is 1.47 bits per heavy atom. The molecule has 4 heteroatoms. The first kappa shape index (κ1) is 12.5. The zero-order chi connectivity index (χ0) is 11.1. The molecule has 0 atom stereocenters. The fourth-order valence-corrected chi connectivity index (χ4v) is 1.70. The van der Waals surface area contributed by atoms with Gasteiger partial charge in [-0.2, -0.15) is 0 Å². The van der Waals surface area contributed by atoms with Crippen LogP contribution in [0.5, 0.6) is 0 Å². The van der Waals surface area contributed by atoms with Crippen LogP contribution in [0.25, 0.3) is 0 Å². The van der Waals surface area contributed by atoms with Crippen molar-refractivity contribution in [3.63, 3.8) is 0 Å². The second kappa shape index (κ2) is 6.80. The predicted octanol–water partition coefficient (Wildman–Crippen LogP) is 0.527. The lowest BCUT2D eigenvalue weighted by Gasteiger charge is -2.21. The van der Waals surface area contributed by atoms with Crippen molar-refractivity contribution in [2.45, 2.75) is 32.8 Å². The molecule has 1 heterocycles. The molecule has 88 valence electrons. The topological polar surface area (TPSA) is 50.4 Å². The van der Waals surface area contributed by atoms with Gasteiger partial charge in [-0.15, -0.1) is 0 Å². The molecule has 0 aromatic carbocycles. The van der Waals surface area contributed by atoms with Crippen molar-refractivity contribution in [1.29, 1.82) is 0 Å². The third-order valence-corrected chi connectivity index (χ3v) is 2.56. The number of ether oxygens (including phenoxy) is 1. The van der Waals surface area contributed by atoms with Crippen molar-refractivity contribution in [2.24, 2.45) is 5.92 Å². The first-order valence-corrected chi connectivity index (χ1v) is 5.80. The van der Waals surface area contributed by atoms with E-state index in [2.05, 4.69) is 10.6 Å². The van der Waals surface area contributed by atoms with Gasteiger partial charge in [0.1, 0.15) is 0 Å². The van der Waals surface area contributed by atoms with Crippen molar-refractivity contribution in [1.82, 2.24) is 10.6 Å². The number of amides is 1. The van der Waals surface area contributed by atoms with Gasteiger partial charge < -0.3 is 15.4 Å². The zero-order valence-corrected chi connectivity index (χ0v) is 9.71. The summed E-state index contributed by atoms with van der Waals surface area (Å²) in [5.41, 5.74) is 0. The van der Waals surface area contributed by atoms with Crippen LogP contribution in [0.4, 0.5) is 0 Å². The first-order valence-electron chi connectivity index (χ1n) is 5.80. The third kappa shape index (κ3) is 5.14. The Balaban J connectivity index is 2.07. The maximum absolute atomic E-state index is 11.6. The van der Waals surface area contributed by atoms with Gasteiger partial charge in [0.25, 0.3) is 0 Å². The van der Waals surface area contributed by atoms with Crippen LogP contribution in [0.2, 0.25) is 0 Å². The summed E-state index contributed by atoms with van der Waals surface area (Å²) in [4.78, 5) is 11.6. The minimum absolute atomic E-state index is 0.184. The van der Waals surface area contributed by atoms with Crippen molar-refractivity contribution in [3.05, 3.63) is 0 Å². The van der Waals surface area contributed by atoms with Gasteiger partial charge >= 0.3 is 0 Å². The van der Waals surface area contributed by atoms with E-state index in [1.54, 1.807) is 0 Å². The summed E-state index contributed by atoms with van der Waals surface area (Å²) in [6.07, 6.45) is 2.15. The fraction of sp³-hybridized carbons (Fsp3) is 0.909. The monoisotopic (exact) mass is 214 g/mol. The molecule has 15 heavy (non-hydrogen) atoms. The van der Waals surface area contributed by atoms with E-state index >= 15 is 0 Å². The molecule has 0 aliphatic carbocycles. The highest BCUT2D eigenvalue weighted by molar-refractivity contribution is 5.78. The standard InChI is InChI=1S/C11H22N2O2/c1-9(2)15-8-7-13-11(14)10-3-5-12-6-4-10/h9-10,12H,3-8H2,1-2H3,(H,13,14). The highest BCUT2D eigenvalue weighted by Gasteiger charge is 2.19. The van der Waals surface area contributed by atoms with E-state index in [0.717, 1.165) is 25.9 Å². The third-order valence-electron chi connectivity index (χ3n) is 2.56. The number of carbonyl (C=O) groups excluding carboxylic acids is 1. The molecule has 0 aromatic heterocycles. The summed E-state index contributed by atoms with van der Waals surface area (Å²) < 4.78 is 5.35. The van der Waals surface area contributed by atoms with E-state index in [4.69, 9.17) is 4.74 Å². The van der Waals surface area contributed by atoms with Crippen molar-refractivity contribution >= 4 is 5.91 Å². The van der Waals surface area contributed by atoms with Gasteiger partial charge in [0.05, 0.1) is 12.7 Å². The molecule has 1 fully saturated rings. The lowest BCUT2D eigenvalue weighted by atomic mass is 9.97. The second-order valence-corrected chi connectivity index (χ2v) is 4.23. The van der Waals surface area contributed by atoms with Crippen LogP contribution < -0.4 is 10.6 Å². The number of nitrogens with one attached hydrogen (secondary N) is 2. The van der Waals surface area contributed by atoms with E-state index in [1.165, 1.54) is 0 Å². The van der Waals surface area contributed by atoms with Gasteiger partial charge in [-0.25, -0.2) is 0 Å². The Bertz CT molecular complexity index is 189. The molecule has 1 aliphatic heterocycles. The van der Waals surface area contributed by atoms with Crippen molar-refractivity contribution in [2.75, 3.05) is 26.2 Å². The van der Waals surface area contributed by atoms with Crippen molar-refractivity contribution < 1.29 is 9.53 Å². The molecule has 1 saturated heterocycles. The molecule has 1 rings (SSSR count). The van der Waals surface area contributed by atoms with Gasteiger partial charge in [-0.1, -0.05) is 0 Å². The van der Waals surface area contributed by atoms with Crippen molar-refractivity contribution in [3.8, 4) is 0 Å². The minimum Gasteiger partial charge on any atom is -0.377 e. The van der Waals surface area contributed by atoms with Crippen LogP contribution in [-0.2, 0) is 9.53 Å². The average molecular weight is 214 g/mol. The Morgan fingerprint density at radius 3 is 2.73 bits per heavy atom. The van der Waals surface area contributed by atoms with Gasteiger partial charge in [0.15, 0.2) is 0 Å². The molecular weight excluding hydrogens is 192 g/mol. The number of hydrogen-bond acceptors (Lipinski definition) is 3. The van der Waals surface area contributed by atoms with Gasteiger partial charge in [0, 0.05) is 12.5 Å². The largest absolute Gasteiger partial charge is 0.377 e. The molecule has 4 nitrogen and oxygen atoms in total. The maximum Gasteiger partial charge on any atom is 0.223 e. The molecule has 0 aromatic rings. The van der Waals surface area contributed by atoms with Crippen LogP contribution in [-0.4, -0.2) is 38.3 Å². The maximum atomic E-state index is 11.6. The summed E-state index contributed by atoms with van der Waals surface area (Å²) in [5.74, 6) is 0.383. The quantitative estimate of drug-likeness (QED) is 0.656. The van der Waals surface area contributed by atoms with E-state index in [0.29, 0.717) is 13.2 Å². The van der Waals surface area contributed by atoms with Crippen LogP contribution >= 0.6 is 0 Å². The summed E-state index contributed by atoms with van der Waals surface area (Å²) in [5, 5.41) is 6.16. The molecule has 0 saturated carbocycles. The molecule has 1 amide bonds. The van der Waals surface area contributed by atoms with E-state index in [9.17, 15) is 4.79 Å². The van der Waals surface area contributed by atoms with Crippen LogP contribution in [0.1, 0.15) is 26.7 Å². The molecular formula is C11H22N2O2. The van der Waals surface area contributed by atoms with Crippen LogP contribution in [0, 0.1) is 5.92 Å². The Kier molecular flexibility index (Phi) is 5.65. The highest BCUT2D eigenvalue weighted by atomic mass is 16.5. The number of rotatable bonds is 5. The summed E-state index contributed by atoms with van der Waals surface area (Å²) in [7, 11) is 0. The van der Waals surface area contributed by atoms with Crippen LogP contribution in [0.15, 0.2) is 0 Å². The predicted molar refractivity (Wildman–Crippen MR) is 59.7 cm³/mol. The number of piperidine rings is 1. The lowest BCUT2D eigenvalue weighted by Crippen LogP contribution is -2.39. The minimum atomic E-state index is 0.184. The summed E-state index contributed by atoms with van der Waals surface area (Å²) in [6.45, 7) is 7.14. The zero-order valence-electron chi connectivity index (χ0n) is 9.71.